The van der Waals surface area contributed by atoms with Crippen LogP contribution in [0.1, 0.15) is 31.4 Å². The Morgan fingerprint density at radius 3 is 2.85 bits per heavy atom. The third-order valence-corrected chi connectivity index (χ3v) is 3.92. The number of thioether (sulfide) groups is 1. The zero-order valence-electron chi connectivity index (χ0n) is 8.55. The quantitative estimate of drug-likeness (QED) is 0.603. The zero-order chi connectivity index (χ0) is 9.47. The van der Waals surface area contributed by atoms with Crippen molar-refractivity contribution in [3.8, 4) is 0 Å². The van der Waals surface area contributed by atoms with E-state index in [0.717, 1.165) is 0 Å². The summed E-state index contributed by atoms with van der Waals surface area (Å²) in [6, 6.07) is 6.84. The van der Waals surface area contributed by atoms with Crippen LogP contribution in [0.5, 0.6) is 0 Å². The topological polar surface area (TPSA) is 0 Å². The van der Waals surface area contributed by atoms with Crippen LogP contribution in [-0.4, -0.2) is 5.75 Å². The summed E-state index contributed by atoms with van der Waals surface area (Å²) in [4.78, 5) is 1.49. The van der Waals surface area contributed by atoms with E-state index in [9.17, 15) is 0 Å². The molecule has 2 rings (SSSR count). The Labute approximate surface area is 84.7 Å². The lowest BCUT2D eigenvalue weighted by atomic mass is 9.81. The van der Waals surface area contributed by atoms with Gasteiger partial charge in [-0.1, -0.05) is 31.5 Å². The Hall–Kier alpha value is -0.430. The molecule has 1 aromatic rings. The van der Waals surface area contributed by atoms with Crippen molar-refractivity contribution in [1.82, 2.24) is 0 Å². The minimum absolute atomic E-state index is 0.382. The third-order valence-electron chi connectivity index (χ3n) is 2.85. The summed E-state index contributed by atoms with van der Waals surface area (Å²) < 4.78 is 0. The van der Waals surface area contributed by atoms with E-state index in [1.807, 2.05) is 11.8 Å². The number of rotatable bonds is 0. The monoisotopic (exact) mass is 192 g/mol. The molecule has 0 atom stereocenters. The van der Waals surface area contributed by atoms with E-state index < -0.39 is 0 Å². The van der Waals surface area contributed by atoms with E-state index in [-0.39, 0.29) is 0 Å². The highest BCUT2D eigenvalue weighted by molar-refractivity contribution is 7.99. The molecule has 0 unspecified atom stereocenters. The molecule has 0 fully saturated rings. The van der Waals surface area contributed by atoms with Crippen LogP contribution in [0.3, 0.4) is 0 Å². The van der Waals surface area contributed by atoms with Crippen molar-refractivity contribution in [3.63, 3.8) is 0 Å². The molecule has 0 N–H and O–H groups in total. The van der Waals surface area contributed by atoms with Gasteiger partial charge in [0.15, 0.2) is 0 Å². The molecule has 13 heavy (non-hydrogen) atoms. The fourth-order valence-corrected chi connectivity index (χ4v) is 3.34. The molecule has 1 aliphatic heterocycles. The van der Waals surface area contributed by atoms with Crippen LogP contribution in [0.4, 0.5) is 0 Å². The minimum atomic E-state index is 0.382. The maximum atomic E-state index is 2.35. The fraction of sp³-hybridized carbons (Fsp3) is 0.500. The van der Waals surface area contributed by atoms with Gasteiger partial charge < -0.3 is 0 Å². The summed E-state index contributed by atoms with van der Waals surface area (Å²) in [5.74, 6) is 1.27. The smallest absolute Gasteiger partial charge is 0.0110 e. The van der Waals surface area contributed by atoms with Gasteiger partial charge in [0.25, 0.3) is 0 Å². The highest BCUT2D eigenvalue weighted by atomic mass is 32.2. The van der Waals surface area contributed by atoms with E-state index in [0.29, 0.717) is 5.41 Å². The number of aryl methyl sites for hydroxylation is 1. The van der Waals surface area contributed by atoms with Gasteiger partial charge in [-0.25, -0.2) is 0 Å². The van der Waals surface area contributed by atoms with Crippen LogP contribution in [0.15, 0.2) is 23.1 Å². The standard InChI is InChI=1S/C12H16S/c1-9-4-5-11-10(8-9)12(2,3)6-7-13-11/h4-5,8H,6-7H2,1-3H3. The number of hydrogen-bond donors (Lipinski definition) is 0. The molecule has 1 heterocycles. The first-order chi connectivity index (χ1) is 6.09. The van der Waals surface area contributed by atoms with Crippen LogP contribution >= 0.6 is 11.8 Å². The third kappa shape index (κ3) is 1.62. The Morgan fingerprint density at radius 2 is 2.08 bits per heavy atom. The molecule has 1 aromatic carbocycles. The van der Waals surface area contributed by atoms with Crippen LogP contribution in [0, 0.1) is 6.92 Å². The van der Waals surface area contributed by atoms with Crippen molar-refractivity contribution >= 4 is 11.8 Å². The second-order valence-electron chi connectivity index (χ2n) is 4.48. The Kier molecular flexibility index (Phi) is 2.15. The first kappa shape index (κ1) is 9.14. The van der Waals surface area contributed by atoms with Gasteiger partial charge in [0.2, 0.25) is 0 Å². The van der Waals surface area contributed by atoms with Crippen molar-refractivity contribution in [1.29, 1.82) is 0 Å². The van der Waals surface area contributed by atoms with Crippen LogP contribution in [-0.2, 0) is 5.41 Å². The lowest BCUT2D eigenvalue weighted by molar-refractivity contribution is 0.493. The van der Waals surface area contributed by atoms with Gasteiger partial charge in [0.1, 0.15) is 0 Å². The van der Waals surface area contributed by atoms with E-state index in [1.165, 1.54) is 22.6 Å². The average Bonchev–Trinajstić information content (AvgIpc) is 2.06. The molecule has 0 bridgehead atoms. The first-order valence-corrected chi connectivity index (χ1v) is 5.82. The molecule has 0 spiro atoms. The summed E-state index contributed by atoms with van der Waals surface area (Å²) in [7, 11) is 0. The molecule has 0 aromatic heterocycles. The number of fused-ring (bicyclic) bond motifs is 1. The maximum absolute atomic E-state index is 2.35. The Morgan fingerprint density at radius 1 is 1.31 bits per heavy atom. The maximum Gasteiger partial charge on any atom is 0.0110 e. The molecule has 0 aliphatic carbocycles. The number of hydrogen-bond acceptors (Lipinski definition) is 1. The van der Waals surface area contributed by atoms with Gasteiger partial charge in [-0.2, -0.15) is 0 Å². The molecule has 0 saturated carbocycles. The van der Waals surface area contributed by atoms with Gasteiger partial charge in [0.05, 0.1) is 0 Å². The molecule has 1 heteroatoms. The van der Waals surface area contributed by atoms with Crippen molar-refractivity contribution in [2.75, 3.05) is 5.75 Å². The van der Waals surface area contributed by atoms with Crippen molar-refractivity contribution in [3.05, 3.63) is 29.3 Å². The Bertz CT molecular complexity index is 326. The van der Waals surface area contributed by atoms with Gasteiger partial charge in [-0.05, 0) is 36.1 Å². The normalized spacial score (nSPS) is 19.6. The second kappa shape index (κ2) is 3.06. The molecule has 0 radical (unpaired) electrons. The predicted octanol–water partition coefficient (Wildman–Crippen LogP) is 3.77. The summed E-state index contributed by atoms with van der Waals surface area (Å²) >= 11 is 2.00. The van der Waals surface area contributed by atoms with Crippen molar-refractivity contribution < 1.29 is 0 Å². The van der Waals surface area contributed by atoms with Crippen LogP contribution in [0.25, 0.3) is 0 Å². The molecular weight excluding hydrogens is 176 g/mol. The lowest BCUT2D eigenvalue weighted by Crippen LogP contribution is -2.22. The number of benzene rings is 1. The molecule has 70 valence electrons. The summed E-state index contributed by atoms with van der Waals surface area (Å²) in [5.41, 5.74) is 3.31. The summed E-state index contributed by atoms with van der Waals surface area (Å²) in [5, 5.41) is 0. The molecule has 0 amide bonds. The van der Waals surface area contributed by atoms with Crippen LogP contribution in [0.2, 0.25) is 0 Å². The largest absolute Gasteiger partial charge is 0.126 e. The minimum Gasteiger partial charge on any atom is -0.126 e. The lowest BCUT2D eigenvalue weighted by Gasteiger charge is -2.32. The van der Waals surface area contributed by atoms with Gasteiger partial charge in [-0.3, -0.25) is 0 Å². The average molecular weight is 192 g/mol. The zero-order valence-corrected chi connectivity index (χ0v) is 9.37. The molecule has 1 aliphatic rings. The molecular formula is C12H16S. The van der Waals surface area contributed by atoms with E-state index in [2.05, 4.69) is 39.0 Å². The van der Waals surface area contributed by atoms with E-state index >= 15 is 0 Å². The fourth-order valence-electron chi connectivity index (χ4n) is 1.85. The SMILES string of the molecule is Cc1ccc2c(c1)C(C)(C)CCS2. The van der Waals surface area contributed by atoms with Crippen molar-refractivity contribution in [2.24, 2.45) is 0 Å². The van der Waals surface area contributed by atoms with Gasteiger partial charge >= 0.3 is 0 Å². The summed E-state index contributed by atoms with van der Waals surface area (Å²) in [6.45, 7) is 6.88. The Balaban J connectivity index is 2.55. The second-order valence-corrected chi connectivity index (χ2v) is 5.62. The molecule has 0 saturated heterocycles. The summed E-state index contributed by atoms with van der Waals surface area (Å²) in [6.07, 6.45) is 1.30. The van der Waals surface area contributed by atoms with Crippen LogP contribution < -0.4 is 0 Å². The van der Waals surface area contributed by atoms with E-state index in [4.69, 9.17) is 0 Å². The van der Waals surface area contributed by atoms with Gasteiger partial charge in [0, 0.05) is 4.90 Å². The van der Waals surface area contributed by atoms with Gasteiger partial charge in [-0.15, -0.1) is 11.8 Å². The predicted molar refractivity (Wildman–Crippen MR) is 59.5 cm³/mol. The van der Waals surface area contributed by atoms with Crippen molar-refractivity contribution in [2.45, 2.75) is 37.5 Å². The highest BCUT2D eigenvalue weighted by Gasteiger charge is 2.27. The molecule has 0 nitrogen and oxygen atoms in total. The first-order valence-electron chi connectivity index (χ1n) is 4.83. The highest BCUT2D eigenvalue weighted by Crippen LogP contribution is 2.41. The van der Waals surface area contributed by atoms with E-state index in [1.54, 1.807) is 5.56 Å².